The zero-order chi connectivity index (χ0) is 9.97. The Morgan fingerprint density at radius 3 is 2.86 bits per heavy atom. The molecule has 0 aromatic heterocycles. The first-order chi connectivity index (χ1) is 6.81. The number of hydrogen-bond acceptors (Lipinski definition) is 2. The fourth-order valence-corrected chi connectivity index (χ4v) is 2.03. The molecule has 0 N–H and O–H groups in total. The van der Waals surface area contributed by atoms with Crippen LogP contribution in [0.1, 0.15) is 28.8 Å². The van der Waals surface area contributed by atoms with Gasteiger partial charge in [0.25, 0.3) is 0 Å². The highest BCUT2D eigenvalue weighted by atomic mass is 16.1. The van der Waals surface area contributed by atoms with Crippen LogP contribution in [0.5, 0.6) is 0 Å². The minimum Gasteiger partial charge on any atom is -0.303 e. The van der Waals surface area contributed by atoms with Crippen molar-refractivity contribution >= 4 is 12.1 Å². The third-order valence-electron chi connectivity index (χ3n) is 2.73. The Morgan fingerprint density at radius 1 is 1.29 bits per heavy atom. The monoisotopic (exact) mass is 188 g/mol. The van der Waals surface area contributed by atoms with Gasteiger partial charge >= 0.3 is 0 Å². The molecule has 2 rings (SSSR count). The Balaban J connectivity index is 2.28. The second-order valence-corrected chi connectivity index (χ2v) is 3.76. The summed E-state index contributed by atoms with van der Waals surface area (Å²) in [6.07, 6.45) is 2.79. The molecule has 72 valence electrons. The average molecular weight is 188 g/mol. The Bertz CT molecular complexity index is 368. The minimum atomic E-state index is 0.179. The molecule has 1 aromatic rings. The van der Waals surface area contributed by atoms with Crippen LogP contribution in [0.25, 0.3) is 0 Å². The second kappa shape index (κ2) is 3.74. The number of fused-ring (bicyclic) bond motifs is 1. The second-order valence-electron chi connectivity index (χ2n) is 3.76. The lowest BCUT2D eigenvalue weighted by atomic mass is 9.82. The number of rotatable bonds is 2. The normalized spacial score (nSPS) is 20.3. The minimum absolute atomic E-state index is 0.179. The van der Waals surface area contributed by atoms with E-state index in [-0.39, 0.29) is 11.7 Å². The molecular weight excluding hydrogens is 176 g/mol. The molecule has 14 heavy (non-hydrogen) atoms. The van der Waals surface area contributed by atoms with E-state index in [9.17, 15) is 9.59 Å². The smallest absolute Gasteiger partial charge is 0.163 e. The van der Waals surface area contributed by atoms with Crippen molar-refractivity contribution in [2.24, 2.45) is 5.92 Å². The molecule has 0 heterocycles. The summed E-state index contributed by atoms with van der Waals surface area (Å²) in [5.41, 5.74) is 1.94. The molecule has 1 aliphatic rings. The predicted octanol–water partition coefficient (Wildman–Crippen LogP) is 2.02. The molecule has 0 aliphatic heterocycles. The van der Waals surface area contributed by atoms with Crippen LogP contribution in [0.15, 0.2) is 24.3 Å². The van der Waals surface area contributed by atoms with Gasteiger partial charge in [-0.1, -0.05) is 24.3 Å². The number of carbonyl (C=O) groups is 2. The van der Waals surface area contributed by atoms with E-state index in [1.54, 1.807) is 0 Å². The van der Waals surface area contributed by atoms with E-state index in [0.29, 0.717) is 12.8 Å². The van der Waals surface area contributed by atoms with Crippen LogP contribution in [-0.4, -0.2) is 12.1 Å². The van der Waals surface area contributed by atoms with Crippen molar-refractivity contribution in [2.45, 2.75) is 19.3 Å². The van der Waals surface area contributed by atoms with Crippen molar-refractivity contribution in [3.8, 4) is 0 Å². The van der Waals surface area contributed by atoms with E-state index < -0.39 is 0 Å². The Morgan fingerprint density at radius 2 is 2.07 bits per heavy atom. The van der Waals surface area contributed by atoms with E-state index in [1.807, 2.05) is 24.3 Å². The fourth-order valence-electron chi connectivity index (χ4n) is 2.03. The van der Waals surface area contributed by atoms with Crippen LogP contribution in [0.2, 0.25) is 0 Å². The third-order valence-corrected chi connectivity index (χ3v) is 2.73. The van der Waals surface area contributed by atoms with Gasteiger partial charge in [0.05, 0.1) is 0 Å². The van der Waals surface area contributed by atoms with Crippen LogP contribution < -0.4 is 0 Å². The van der Waals surface area contributed by atoms with Gasteiger partial charge in [-0.25, -0.2) is 0 Å². The number of Topliss-reactive ketones (excluding diaryl/α,β-unsaturated/α-hetero) is 1. The van der Waals surface area contributed by atoms with Gasteiger partial charge in [-0.3, -0.25) is 4.79 Å². The molecule has 0 fully saturated rings. The van der Waals surface area contributed by atoms with Gasteiger partial charge in [0.2, 0.25) is 0 Å². The molecule has 0 saturated heterocycles. The summed E-state index contributed by atoms with van der Waals surface area (Å²) in [7, 11) is 0. The Labute approximate surface area is 82.9 Å². The van der Waals surface area contributed by atoms with Gasteiger partial charge in [-0.2, -0.15) is 0 Å². The van der Waals surface area contributed by atoms with Crippen molar-refractivity contribution < 1.29 is 9.59 Å². The van der Waals surface area contributed by atoms with Crippen LogP contribution in [-0.2, 0) is 11.2 Å². The Kier molecular flexibility index (Phi) is 2.44. The standard InChI is InChI=1S/C12H12O2/c13-6-5-9-7-10-3-1-2-4-11(10)12(14)8-9/h1-4,6,9H,5,7-8H2/t9-/m1/s1. The quantitative estimate of drug-likeness (QED) is 0.665. The van der Waals surface area contributed by atoms with E-state index in [1.165, 1.54) is 0 Å². The van der Waals surface area contributed by atoms with Crippen LogP contribution in [0.4, 0.5) is 0 Å². The Hall–Kier alpha value is -1.44. The van der Waals surface area contributed by atoms with Crippen molar-refractivity contribution in [2.75, 3.05) is 0 Å². The molecule has 1 atom stereocenters. The fraction of sp³-hybridized carbons (Fsp3) is 0.333. The summed E-state index contributed by atoms with van der Waals surface area (Å²) in [6, 6.07) is 7.67. The average Bonchev–Trinajstić information content (AvgIpc) is 2.18. The summed E-state index contributed by atoms with van der Waals surface area (Å²) in [5, 5.41) is 0. The maximum absolute atomic E-state index is 11.7. The van der Waals surface area contributed by atoms with Crippen molar-refractivity contribution in [3.63, 3.8) is 0 Å². The molecule has 0 spiro atoms. The first-order valence-corrected chi connectivity index (χ1v) is 4.86. The van der Waals surface area contributed by atoms with Gasteiger partial charge in [0.1, 0.15) is 6.29 Å². The molecule has 0 radical (unpaired) electrons. The number of benzene rings is 1. The molecule has 0 bridgehead atoms. The van der Waals surface area contributed by atoms with Crippen LogP contribution >= 0.6 is 0 Å². The summed E-state index contributed by atoms with van der Waals surface area (Å²) in [5.74, 6) is 0.397. The topological polar surface area (TPSA) is 34.1 Å². The predicted molar refractivity (Wildman–Crippen MR) is 53.3 cm³/mol. The molecule has 2 heteroatoms. The first kappa shape index (κ1) is 9.13. The first-order valence-electron chi connectivity index (χ1n) is 4.86. The van der Waals surface area contributed by atoms with E-state index in [2.05, 4.69) is 0 Å². The number of hydrogen-bond donors (Lipinski definition) is 0. The van der Waals surface area contributed by atoms with Gasteiger partial charge in [0, 0.05) is 18.4 Å². The molecule has 0 saturated carbocycles. The molecule has 0 amide bonds. The maximum Gasteiger partial charge on any atom is 0.163 e. The highest BCUT2D eigenvalue weighted by molar-refractivity contribution is 5.98. The highest BCUT2D eigenvalue weighted by Gasteiger charge is 2.23. The number of ketones is 1. The van der Waals surface area contributed by atoms with Gasteiger partial charge in [0.15, 0.2) is 5.78 Å². The van der Waals surface area contributed by atoms with E-state index in [4.69, 9.17) is 0 Å². The SMILES string of the molecule is O=CC[C@H]1CC(=O)c2ccccc2C1. The van der Waals surface area contributed by atoms with Crippen molar-refractivity contribution in [1.29, 1.82) is 0 Å². The van der Waals surface area contributed by atoms with Gasteiger partial charge < -0.3 is 4.79 Å². The molecule has 1 aliphatic carbocycles. The lowest BCUT2D eigenvalue weighted by Crippen LogP contribution is -2.20. The zero-order valence-electron chi connectivity index (χ0n) is 7.90. The molecule has 2 nitrogen and oxygen atoms in total. The van der Waals surface area contributed by atoms with Gasteiger partial charge in [-0.15, -0.1) is 0 Å². The van der Waals surface area contributed by atoms with Crippen LogP contribution in [0, 0.1) is 5.92 Å². The number of carbonyl (C=O) groups excluding carboxylic acids is 2. The van der Waals surface area contributed by atoms with Crippen molar-refractivity contribution in [1.82, 2.24) is 0 Å². The summed E-state index contributed by atoms with van der Waals surface area (Å²) in [6.45, 7) is 0. The summed E-state index contributed by atoms with van der Waals surface area (Å²) < 4.78 is 0. The highest BCUT2D eigenvalue weighted by Crippen LogP contribution is 2.26. The molecule has 1 aromatic carbocycles. The van der Waals surface area contributed by atoms with E-state index >= 15 is 0 Å². The van der Waals surface area contributed by atoms with Crippen molar-refractivity contribution in [3.05, 3.63) is 35.4 Å². The largest absolute Gasteiger partial charge is 0.303 e. The van der Waals surface area contributed by atoms with Gasteiger partial charge in [-0.05, 0) is 17.9 Å². The summed E-state index contributed by atoms with van der Waals surface area (Å²) in [4.78, 5) is 22.0. The lowest BCUT2D eigenvalue weighted by Gasteiger charge is -2.21. The lowest BCUT2D eigenvalue weighted by molar-refractivity contribution is -0.108. The zero-order valence-corrected chi connectivity index (χ0v) is 7.90. The third kappa shape index (κ3) is 1.60. The summed E-state index contributed by atoms with van der Waals surface area (Å²) >= 11 is 0. The van der Waals surface area contributed by atoms with Crippen LogP contribution in [0.3, 0.4) is 0 Å². The molecule has 0 unspecified atom stereocenters. The maximum atomic E-state index is 11.7. The molecular formula is C12H12O2. The number of aldehydes is 1. The van der Waals surface area contributed by atoms with E-state index in [0.717, 1.165) is 23.8 Å².